The predicted molar refractivity (Wildman–Crippen MR) is 55.5 cm³/mol. The first-order valence-corrected chi connectivity index (χ1v) is 5.14. The van der Waals surface area contributed by atoms with Crippen LogP contribution in [0.5, 0.6) is 0 Å². The molecular formula is C10H14ClNO2. The van der Waals surface area contributed by atoms with Gasteiger partial charge in [-0.2, -0.15) is 0 Å². The Bertz CT molecular complexity index is 272. The van der Waals surface area contributed by atoms with E-state index in [-0.39, 0.29) is 5.91 Å². The zero-order valence-corrected chi connectivity index (χ0v) is 8.88. The lowest BCUT2D eigenvalue weighted by molar-refractivity contribution is 0.0947. The fourth-order valence-electron chi connectivity index (χ4n) is 1.05. The average Bonchev–Trinajstić information content (AvgIpc) is 2.67. The third-order valence-corrected chi connectivity index (χ3v) is 2.21. The first kappa shape index (κ1) is 11.1. The van der Waals surface area contributed by atoms with Crippen molar-refractivity contribution in [2.24, 2.45) is 5.92 Å². The third-order valence-electron chi connectivity index (χ3n) is 2.00. The van der Waals surface area contributed by atoms with Crippen LogP contribution >= 0.6 is 11.6 Å². The van der Waals surface area contributed by atoms with Crippen LogP contribution < -0.4 is 5.32 Å². The number of halogens is 1. The van der Waals surface area contributed by atoms with Gasteiger partial charge in [-0.3, -0.25) is 4.79 Å². The second-order valence-corrected chi connectivity index (χ2v) is 3.68. The highest BCUT2D eigenvalue weighted by Crippen LogP contribution is 2.03. The van der Waals surface area contributed by atoms with Crippen LogP contribution in [0.4, 0.5) is 0 Å². The molecule has 1 atom stereocenters. The fraction of sp³-hybridized carbons (Fsp3) is 0.500. The molecule has 0 spiro atoms. The van der Waals surface area contributed by atoms with Gasteiger partial charge in [0, 0.05) is 12.4 Å². The summed E-state index contributed by atoms with van der Waals surface area (Å²) in [6.45, 7) is 2.70. The zero-order valence-electron chi connectivity index (χ0n) is 8.13. The maximum Gasteiger partial charge on any atom is 0.254 e. The van der Waals surface area contributed by atoms with Gasteiger partial charge in [0.1, 0.15) is 6.26 Å². The quantitative estimate of drug-likeness (QED) is 0.766. The van der Waals surface area contributed by atoms with E-state index in [0.29, 0.717) is 23.9 Å². The van der Waals surface area contributed by atoms with Crippen LogP contribution in [0.1, 0.15) is 23.7 Å². The van der Waals surface area contributed by atoms with Crippen LogP contribution in [0, 0.1) is 5.92 Å². The summed E-state index contributed by atoms with van der Waals surface area (Å²) in [7, 11) is 0. The predicted octanol–water partition coefficient (Wildman–Crippen LogP) is 2.27. The number of rotatable bonds is 5. The molecule has 14 heavy (non-hydrogen) atoms. The van der Waals surface area contributed by atoms with Crippen molar-refractivity contribution in [3.63, 3.8) is 0 Å². The molecule has 0 saturated heterocycles. The van der Waals surface area contributed by atoms with Gasteiger partial charge in [0.2, 0.25) is 0 Å². The van der Waals surface area contributed by atoms with Gasteiger partial charge in [-0.25, -0.2) is 0 Å². The van der Waals surface area contributed by atoms with Gasteiger partial charge in [0.25, 0.3) is 5.91 Å². The second-order valence-electron chi connectivity index (χ2n) is 3.30. The highest BCUT2D eigenvalue weighted by atomic mass is 35.5. The van der Waals surface area contributed by atoms with Gasteiger partial charge in [0.05, 0.1) is 11.8 Å². The first-order valence-electron chi connectivity index (χ1n) is 4.60. The van der Waals surface area contributed by atoms with Crippen LogP contribution in [-0.4, -0.2) is 18.3 Å². The normalized spacial score (nSPS) is 12.4. The van der Waals surface area contributed by atoms with Gasteiger partial charge in [-0.05, 0) is 18.4 Å². The monoisotopic (exact) mass is 215 g/mol. The number of alkyl halides is 1. The summed E-state index contributed by atoms with van der Waals surface area (Å²) in [5.41, 5.74) is 0.558. The Kier molecular flexibility index (Phi) is 4.53. The summed E-state index contributed by atoms with van der Waals surface area (Å²) < 4.78 is 4.81. The van der Waals surface area contributed by atoms with E-state index < -0.39 is 0 Å². The number of amides is 1. The first-order chi connectivity index (χ1) is 6.74. The van der Waals surface area contributed by atoms with Crippen LogP contribution in [0.15, 0.2) is 23.0 Å². The van der Waals surface area contributed by atoms with Crippen molar-refractivity contribution in [2.75, 3.05) is 12.4 Å². The largest absolute Gasteiger partial charge is 0.472 e. The average molecular weight is 216 g/mol. The Morgan fingerprint density at radius 2 is 2.50 bits per heavy atom. The molecule has 3 nitrogen and oxygen atoms in total. The molecular weight excluding hydrogens is 202 g/mol. The van der Waals surface area contributed by atoms with Crippen LogP contribution in [0.3, 0.4) is 0 Å². The smallest absolute Gasteiger partial charge is 0.254 e. The zero-order chi connectivity index (χ0) is 10.4. The lowest BCUT2D eigenvalue weighted by atomic mass is 10.1. The highest BCUT2D eigenvalue weighted by Gasteiger charge is 2.07. The van der Waals surface area contributed by atoms with Crippen molar-refractivity contribution in [3.8, 4) is 0 Å². The molecule has 1 aromatic rings. The molecule has 0 bridgehead atoms. The van der Waals surface area contributed by atoms with E-state index in [1.54, 1.807) is 6.07 Å². The number of hydrogen-bond acceptors (Lipinski definition) is 2. The molecule has 1 amide bonds. The van der Waals surface area contributed by atoms with E-state index in [9.17, 15) is 4.79 Å². The molecule has 0 saturated carbocycles. The van der Waals surface area contributed by atoms with E-state index in [1.807, 2.05) is 0 Å². The Labute approximate surface area is 88.4 Å². The molecule has 1 aromatic heterocycles. The summed E-state index contributed by atoms with van der Waals surface area (Å²) in [6, 6.07) is 1.64. The van der Waals surface area contributed by atoms with Crippen LogP contribution in [-0.2, 0) is 0 Å². The molecule has 0 fully saturated rings. The van der Waals surface area contributed by atoms with Gasteiger partial charge >= 0.3 is 0 Å². The highest BCUT2D eigenvalue weighted by molar-refractivity contribution is 6.17. The molecule has 1 rings (SSSR count). The lowest BCUT2D eigenvalue weighted by Crippen LogP contribution is -2.28. The van der Waals surface area contributed by atoms with E-state index in [4.69, 9.17) is 16.0 Å². The van der Waals surface area contributed by atoms with E-state index in [0.717, 1.165) is 6.42 Å². The van der Waals surface area contributed by atoms with E-state index in [2.05, 4.69) is 12.2 Å². The maximum absolute atomic E-state index is 11.4. The van der Waals surface area contributed by atoms with Crippen molar-refractivity contribution < 1.29 is 9.21 Å². The standard InChI is InChI=1S/C10H14ClNO2/c1-8(2-4-11)6-12-10(13)9-3-5-14-7-9/h3,5,7-8H,2,4,6H2,1H3,(H,12,13). The number of carbonyl (C=O) groups excluding carboxylic acids is 1. The number of hydrogen-bond donors (Lipinski definition) is 1. The summed E-state index contributed by atoms with van der Waals surface area (Å²) in [6.07, 6.45) is 3.83. The summed E-state index contributed by atoms with van der Waals surface area (Å²) in [5.74, 6) is 0.937. The summed E-state index contributed by atoms with van der Waals surface area (Å²) in [4.78, 5) is 11.4. The molecule has 0 aromatic carbocycles. The minimum atomic E-state index is -0.0971. The van der Waals surface area contributed by atoms with Gasteiger partial charge in [-0.1, -0.05) is 6.92 Å². The third kappa shape index (κ3) is 3.42. The number of carbonyl (C=O) groups is 1. The molecule has 0 aliphatic heterocycles. The number of furan rings is 1. The lowest BCUT2D eigenvalue weighted by Gasteiger charge is -2.09. The molecule has 1 heterocycles. The molecule has 1 N–H and O–H groups in total. The Morgan fingerprint density at radius 1 is 1.71 bits per heavy atom. The number of nitrogens with one attached hydrogen (secondary N) is 1. The van der Waals surface area contributed by atoms with Crippen molar-refractivity contribution in [3.05, 3.63) is 24.2 Å². The maximum atomic E-state index is 11.4. The Morgan fingerprint density at radius 3 is 3.07 bits per heavy atom. The van der Waals surface area contributed by atoms with Crippen molar-refractivity contribution >= 4 is 17.5 Å². The summed E-state index contributed by atoms with van der Waals surface area (Å²) >= 11 is 5.58. The molecule has 4 heteroatoms. The van der Waals surface area contributed by atoms with Gasteiger partial charge in [0.15, 0.2) is 0 Å². The van der Waals surface area contributed by atoms with Gasteiger partial charge in [-0.15, -0.1) is 11.6 Å². The second kappa shape index (κ2) is 5.70. The fourth-order valence-corrected chi connectivity index (χ4v) is 1.42. The van der Waals surface area contributed by atoms with Crippen LogP contribution in [0.25, 0.3) is 0 Å². The SMILES string of the molecule is CC(CCCl)CNC(=O)c1ccoc1. The Balaban J connectivity index is 2.28. The minimum absolute atomic E-state index is 0.0971. The van der Waals surface area contributed by atoms with Crippen molar-refractivity contribution in [1.82, 2.24) is 5.32 Å². The Hall–Kier alpha value is -0.960. The molecule has 1 unspecified atom stereocenters. The van der Waals surface area contributed by atoms with Gasteiger partial charge < -0.3 is 9.73 Å². The molecule has 0 radical (unpaired) electrons. The van der Waals surface area contributed by atoms with Crippen molar-refractivity contribution in [1.29, 1.82) is 0 Å². The van der Waals surface area contributed by atoms with E-state index >= 15 is 0 Å². The minimum Gasteiger partial charge on any atom is -0.472 e. The van der Waals surface area contributed by atoms with Crippen molar-refractivity contribution in [2.45, 2.75) is 13.3 Å². The van der Waals surface area contributed by atoms with Crippen LogP contribution in [0.2, 0.25) is 0 Å². The van der Waals surface area contributed by atoms with E-state index in [1.165, 1.54) is 12.5 Å². The molecule has 0 aliphatic rings. The topological polar surface area (TPSA) is 42.2 Å². The molecule has 78 valence electrons. The summed E-state index contributed by atoms with van der Waals surface area (Å²) in [5, 5.41) is 2.81. The molecule has 0 aliphatic carbocycles.